The van der Waals surface area contributed by atoms with Crippen LogP contribution in [0.5, 0.6) is 0 Å². The van der Waals surface area contributed by atoms with Gasteiger partial charge in [-0.25, -0.2) is 4.98 Å². The molecule has 0 unspecified atom stereocenters. The molecule has 4 rings (SSSR count). The molecule has 1 aliphatic rings. The molecule has 0 amide bonds. The Bertz CT molecular complexity index is 870. The van der Waals surface area contributed by atoms with Gasteiger partial charge in [0.15, 0.2) is 0 Å². The van der Waals surface area contributed by atoms with Gasteiger partial charge >= 0.3 is 0 Å². The van der Waals surface area contributed by atoms with Gasteiger partial charge in [-0.05, 0) is 31.2 Å². The fourth-order valence-corrected chi connectivity index (χ4v) is 3.78. The van der Waals surface area contributed by atoms with Crippen molar-refractivity contribution < 1.29 is 4.74 Å². The highest BCUT2D eigenvalue weighted by atomic mass is 35.5. The third-order valence-electron chi connectivity index (χ3n) is 4.76. The summed E-state index contributed by atoms with van der Waals surface area (Å²) in [6, 6.07) is 14.8. The molecule has 5 heteroatoms. The topological polar surface area (TPSA) is 30.3 Å². The second-order valence-corrected chi connectivity index (χ2v) is 6.86. The van der Waals surface area contributed by atoms with Gasteiger partial charge in [0.25, 0.3) is 0 Å². The molecule has 130 valence electrons. The van der Waals surface area contributed by atoms with Crippen molar-refractivity contribution in [3.05, 3.63) is 59.0 Å². The van der Waals surface area contributed by atoms with E-state index in [1.807, 2.05) is 13.0 Å². The summed E-state index contributed by atoms with van der Waals surface area (Å²) in [4.78, 5) is 6.88. The second-order valence-electron chi connectivity index (χ2n) is 6.50. The molecule has 0 aliphatic carbocycles. The number of nitrogens with zero attached hydrogens (tertiary/aromatic N) is 3. The SMILES string of the molecule is Cc1cc2c(cc(CCN3CCOCC3)n2-c2ccccc2)c(Cl)n1. The van der Waals surface area contributed by atoms with Gasteiger partial charge in [-0.2, -0.15) is 0 Å². The number of ether oxygens (including phenoxy) is 1. The zero-order chi connectivity index (χ0) is 17.2. The van der Waals surface area contributed by atoms with Crippen LogP contribution in [-0.2, 0) is 11.2 Å². The lowest BCUT2D eigenvalue weighted by Gasteiger charge is -2.26. The number of para-hydroxylation sites is 1. The minimum Gasteiger partial charge on any atom is -0.379 e. The van der Waals surface area contributed by atoms with Gasteiger partial charge in [-0.3, -0.25) is 4.90 Å². The number of fused-ring (bicyclic) bond motifs is 1. The van der Waals surface area contributed by atoms with E-state index in [1.54, 1.807) is 0 Å². The van der Waals surface area contributed by atoms with E-state index in [2.05, 4.69) is 50.8 Å². The first-order valence-electron chi connectivity index (χ1n) is 8.75. The Kier molecular flexibility index (Phi) is 4.75. The van der Waals surface area contributed by atoms with Crippen molar-refractivity contribution in [2.75, 3.05) is 32.8 Å². The number of rotatable bonds is 4. The van der Waals surface area contributed by atoms with Crippen LogP contribution in [0.4, 0.5) is 0 Å². The third-order valence-corrected chi connectivity index (χ3v) is 5.05. The van der Waals surface area contributed by atoms with Crippen LogP contribution in [0.1, 0.15) is 11.4 Å². The highest BCUT2D eigenvalue weighted by molar-refractivity contribution is 6.34. The molecule has 0 spiro atoms. The molecular weight excluding hydrogens is 334 g/mol. The predicted molar refractivity (Wildman–Crippen MR) is 102 cm³/mol. The number of benzene rings is 1. The fraction of sp³-hybridized carbons (Fsp3) is 0.350. The minimum atomic E-state index is 0.581. The first-order valence-corrected chi connectivity index (χ1v) is 9.13. The molecule has 1 saturated heterocycles. The van der Waals surface area contributed by atoms with Gasteiger partial charge in [0, 0.05) is 48.5 Å². The largest absolute Gasteiger partial charge is 0.379 e. The van der Waals surface area contributed by atoms with Gasteiger partial charge in [0.05, 0.1) is 18.7 Å². The molecule has 0 radical (unpaired) electrons. The van der Waals surface area contributed by atoms with E-state index in [9.17, 15) is 0 Å². The van der Waals surface area contributed by atoms with Gasteiger partial charge in [0.2, 0.25) is 0 Å². The molecule has 3 heterocycles. The van der Waals surface area contributed by atoms with E-state index in [4.69, 9.17) is 16.3 Å². The van der Waals surface area contributed by atoms with Crippen molar-refractivity contribution in [1.29, 1.82) is 0 Å². The molecule has 4 nitrogen and oxygen atoms in total. The van der Waals surface area contributed by atoms with Gasteiger partial charge in [-0.1, -0.05) is 29.8 Å². The number of aromatic nitrogens is 2. The normalized spacial score (nSPS) is 15.8. The van der Waals surface area contributed by atoms with Gasteiger partial charge in [0.1, 0.15) is 5.15 Å². The molecule has 25 heavy (non-hydrogen) atoms. The minimum absolute atomic E-state index is 0.581. The number of hydrogen-bond acceptors (Lipinski definition) is 3. The van der Waals surface area contributed by atoms with Crippen molar-refractivity contribution in [2.24, 2.45) is 0 Å². The standard InChI is InChI=1S/C20H22ClN3O/c1-15-13-19-18(20(21)22-15)14-17(7-8-23-9-11-25-12-10-23)24(19)16-5-3-2-4-6-16/h2-6,13-14H,7-12H2,1H3. The lowest BCUT2D eigenvalue weighted by Crippen LogP contribution is -2.37. The second kappa shape index (κ2) is 7.16. The van der Waals surface area contributed by atoms with Crippen LogP contribution in [-0.4, -0.2) is 47.3 Å². The Morgan fingerprint density at radius 1 is 1.12 bits per heavy atom. The van der Waals surface area contributed by atoms with E-state index in [-0.39, 0.29) is 0 Å². The van der Waals surface area contributed by atoms with E-state index in [1.165, 1.54) is 5.69 Å². The van der Waals surface area contributed by atoms with E-state index in [0.717, 1.165) is 61.6 Å². The lowest BCUT2D eigenvalue weighted by molar-refractivity contribution is 0.0383. The Balaban J connectivity index is 1.75. The van der Waals surface area contributed by atoms with Crippen LogP contribution >= 0.6 is 11.6 Å². The number of halogens is 1. The lowest BCUT2D eigenvalue weighted by atomic mass is 10.2. The molecular formula is C20H22ClN3O. The fourth-order valence-electron chi connectivity index (χ4n) is 3.50. The summed E-state index contributed by atoms with van der Waals surface area (Å²) < 4.78 is 7.76. The monoisotopic (exact) mass is 355 g/mol. The van der Waals surface area contributed by atoms with Crippen LogP contribution in [0.25, 0.3) is 16.6 Å². The molecule has 0 N–H and O–H groups in total. The summed E-state index contributed by atoms with van der Waals surface area (Å²) in [5.74, 6) is 0. The average Bonchev–Trinajstić information content (AvgIpc) is 3.00. The van der Waals surface area contributed by atoms with Crippen LogP contribution in [0.15, 0.2) is 42.5 Å². The molecule has 0 bridgehead atoms. The molecule has 3 aromatic rings. The number of morpholine rings is 1. The Morgan fingerprint density at radius 3 is 2.64 bits per heavy atom. The van der Waals surface area contributed by atoms with Crippen LogP contribution < -0.4 is 0 Å². The molecule has 0 saturated carbocycles. The van der Waals surface area contributed by atoms with E-state index in [0.29, 0.717) is 5.15 Å². The zero-order valence-electron chi connectivity index (χ0n) is 14.4. The Morgan fingerprint density at radius 2 is 1.88 bits per heavy atom. The summed E-state index contributed by atoms with van der Waals surface area (Å²) in [7, 11) is 0. The smallest absolute Gasteiger partial charge is 0.138 e. The molecule has 2 aromatic heterocycles. The first kappa shape index (κ1) is 16.6. The van der Waals surface area contributed by atoms with Crippen molar-refractivity contribution >= 4 is 22.5 Å². The van der Waals surface area contributed by atoms with Gasteiger partial charge in [-0.15, -0.1) is 0 Å². The summed E-state index contributed by atoms with van der Waals surface area (Å²) in [6.07, 6.45) is 0.971. The van der Waals surface area contributed by atoms with E-state index < -0.39 is 0 Å². The highest BCUT2D eigenvalue weighted by Gasteiger charge is 2.16. The number of aryl methyl sites for hydroxylation is 1. The summed E-state index contributed by atoms with van der Waals surface area (Å²) in [6.45, 7) is 6.69. The maximum atomic E-state index is 6.43. The van der Waals surface area contributed by atoms with Crippen molar-refractivity contribution in [1.82, 2.24) is 14.5 Å². The number of hydrogen-bond donors (Lipinski definition) is 0. The maximum absolute atomic E-state index is 6.43. The molecule has 1 fully saturated rings. The quantitative estimate of drug-likeness (QED) is 0.666. The van der Waals surface area contributed by atoms with Crippen LogP contribution in [0.3, 0.4) is 0 Å². The van der Waals surface area contributed by atoms with Crippen molar-refractivity contribution in [3.8, 4) is 5.69 Å². The molecule has 1 aromatic carbocycles. The summed E-state index contributed by atoms with van der Waals surface area (Å²) in [5, 5.41) is 1.60. The molecule has 0 atom stereocenters. The highest BCUT2D eigenvalue weighted by Crippen LogP contribution is 2.29. The van der Waals surface area contributed by atoms with Crippen LogP contribution in [0.2, 0.25) is 5.15 Å². The van der Waals surface area contributed by atoms with Crippen molar-refractivity contribution in [3.63, 3.8) is 0 Å². The third kappa shape index (κ3) is 3.43. The van der Waals surface area contributed by atoms with Gasteiger partial charge < -0.3 is 9.30 Å². The maximum Gasteiger partial charge on any atom is 0.138 e. The summed E-state index contributed by atoms with van der Waals surface area (Å²) in [5.41, 5.74) is 4.49. The Hall–Kier alpha value is -1.88. The summed E-state index contributed by atoms with van der Waals surface area (Å²) >= 11 is 6.43. The van der Waals surface area contributed by atoms with E-state index >= 15 is 0 Å². The van der Waals surface area contributed by atoms with Crippen LogP contribution in [0, 0.1) is 6.92 Å². The Labute approximate surface area is 153 Å². The zero-order valence-corrected chi connectivity index (χ0v) is 15.2. The predicted octanol–water partition coefficient (Wildman–Crippen LogP) is 3.86. The van der Waals surface area contributed by atoms with Crippen molar-refractivity contribution in [2.45, 2.75) is 13.3 Å². The molecule has 1 aliphatic heterocycles. The number of pyridine rings is 1. The average molecular weight is 356 g/mol. The first-order chi connectivity index (χ1) is 12.2.